The maximum absolute atomic E-state index is 13.5. The van der Waals surface area contributed by atoms with Gasteiger partial charge in [-0.15, -0.1) is 12.4 Å². The molecular weight excluding hydrogens is 541 g/mol. The second-order valence-corrected chi connectivity index (χ2v) is 12.3. The van der Waals surface area contributed by atoms with Crippen LogP contribution in [0.3, 0.4) is 0 Å². The Balaban J connectivity index is 0.00000456. The Hall–Kier alpha value is -1.91. The number of rotatable bonds is 11. The van der Waals surface area contributed by atoms with Crippen LogP contribution in [0.4, 0.5) is 5.13 Å². The van der Waals surface area contributed by atoms with Crippen molar-refractivity contribution in [3.8, 4) is 5.75 Å². The summed E-state index contributed by atoms with van der Waals surface area (Å²) in [5.41, 5.74) is 1.37. The number of fused-ring (bicyclic) bond motifs is 1. The van der Waals surface area contributed by atoms with Gasteiger partial charge < -0.3 is 9.64 Å². The van der Waals surface area contributed by atoms with Crippen molar-refractivity contribution in [3.63, 3.8) is 0 Å². The third-order valence-electron chi connectivity index (χ3n) is 5.96. The average Bonchev–Trinajstić information content (AvgIpc) is 3.28. The van der Waals surface area contributed by atoms with E-state index in [1.165, 1.54) is 11.3 Å². The summed E-state index contributed by atoms with van der Waals surface area (Å²) in [6.45, 7) is 10.4. The number of anilines is 1. The lowest BCUT2D eigenvalue weighted by Gasteiger charge is -2.24. The monoisotopic (exact) mass is 573 g/mol. The summed E-state index contributed by atoms with van der Waals surface area (Å²) in [6, 6.07) is 10.1. The number of amides is 1. The number of carbonyl (C=O) groups is 1. The topological polar surface area (TPSA) is 79.8 Å². The fourth-order valence-electron chi connectivity index (χ4n) is 3.67. The molecule has 0 fully saturated rings. The van der Waals surface area contributed by atoms with E-state index in [9.17, 15) is 13.2 Å². The summed E-state index contributed by atoms with van der Waals surface area (Å²) in [4.78, 5) is 22.4. The Labute approximate surface area is 228 Å². The van der Waals surface area contributed by atoms with Gasteiger partial charge in [-0.2, -0.15) is 0 Å². The van der Waals surface area contributed by atoms with Crippen LogP contribution in [0.15, 0.2) is 41.3 Å². The highest BCUT2D eigenvalue weighted by atomic mass is 35.5. The molecule has 0 N–H and O–H groups in total. The molecule has 3 rings (SSSR count). The maximum atomic E-state index is 13.5. The Bertz CT molecular complexity index is 1270. The molecular formula is C25H33Cl2N3O4S2. The van der Waals surface area contributed by atoms with E-state index >= 15 is 0 Å². The second-order valence-electron chi connectivity index (χ2n) is 8.41. The summed E-state index contributed by atoms with van der Waals surface area (Å²) in [5, 5.41) is 0.610. The number of carbonyl (C=O) groups excluding carboxylic acids is 1. The minimum atomic E-state index is -3.36. The number of benzene rings is 2. The minimum Gasteiger partial charge on any atom is -0.494 e. The number of thiazole rings is 1. The molecule has 7 nitrogen and oxygen atoms in total. The van der Waals surface area contributed by atoms with Crippen LogP contribution in [-0.4, -0.2) is 62.7 Å². The van der Waals surface area contributed by atoms with Crippen LogP contribution in [0.2, 0.25) is 5.02 Å². The molecule has 1 heterocycles. The van der Waals surface area contributed by atoms with Gasteiger partial charge in [-0.1, -0.05) is 48.9 Å². The van der Waals surface area contributed by atoms with E-state index in [-0.39, 0.29) is 29.6 Å². The van der Waals surface area contributed by atoms with Crippen molar-refractivity contribution in [1.29, 1.82) is 0 Å². The van der Waals surface area contributed by atoms with Crippen molar-refractivity contribution in [2.45, 2.75) is 44.3 Å². The fourth-order valence-corrected chi connectivity index (χ4v) is 6.03. The Morgan fingerprint density at radius 3 is 2.28 bits per heavy atom. The van der Waals surface area contributed by atoms with Crippen LogP contribution in [0.1, 0.15) is 33.3 Å². The summed E-state index contributed by atoms with van der Waals surface area (Å²) in [5.74, 6) is 0.482. The Morgan fingerprint density at radius 1 is 1.08 bits per heavy atom. The molecule has 0 aliphatic heterocycles. The van der Waals surface area contributed by atoms with Crippen molar-refractivity contribution in [3.05, 3.63) is 47.0 Å². The highest BCUT2D eigenvalue weighted by Crippen LogP contribution is 2.38. The Kier molecular flexibility index (Phi) is 11.0. The predicted molar refractivity (Wildman–Crippen MR) is 151 cm³/mol. The number of hydrogen-bond donors (Lipinski definition) is 0. The van der Waals surface area contributed by atoms with Crippen LogP contribution >= 0.6 is 35.3 Å². The summed E-state index contributed by atoms with van der Waals surface area (Å²) < 4.78 is 31.1. The first-order valence-corrected chi connectivity index (χ1v) is 14.3. The van der Waals surface area contributed by atoms with Gasteiger partial charge in [0.2, 0.25) is 5.91 Å². The van der Waals surface area contributed by atoms with E-state index in [0.717, 1.165) is 23.4 Å². The Morgan fingerprint density at radius 2 is 1.72 bits per heavy atom. The molecule has 0 aliphatic rings. The van der Waals surface area contributed by atoms with Crippen LogP contribution < -0.4 is 9.64 Å². The molecule has 0 unspecified atom stereocenters. The number of hydrogen-bond acceptors (Lipinski definition) is 7. The van der Waals surface area contributed by atoms with E-state index < -0.39 is 15.1 Å². The van der Waals surface area contributed by atoms with Crippen LogP contribution in [0, 0.1) is 0 Å². The average molecular weight is 575 g/mol. The van der Waals surface area contributed by atoms with Gasteiger partial charge in [-0.05, 0) is 56.8 Å². The molecule has 11 heteroatoms. The molecule has 0 saturated carbocycles. The molecule has 0 atom stereocenters. The summed E-state index contributed by atoms with van der Waals surface area (Å²) in [7, 11) is -1.79. The molecule has 2 aromatic carbocycles. The second kappa shape index (κ2) is 13.1. The first kappa shape index (κ1) is 30.3. The van der Waals surface area contributed by atoms with Gasteiger partial charge >= 0.3 is 0 Å². The van der Waals surface area contributed by atoms with Crippen molar-refractivity contribution in [2.24, 2.45) is 0 Å². The first-order chi connectivity index (χ1) is 16.6. The van der Waals surface area contributed by atoms with Gasteiger partial charge in [0.1, 0.15) is 11.3 Å². The van der Waals surface area contributed by atoms with Gasteiger partial charge in [0.05, 0.1) is 33.4 Å². The third kappa shape index (κ3) is 6.69. The van der Waals surface area contributed by atoms with Gasteiger partial charge in [0.25, 0.3) is 0 Å². The highest BCUT2D eigenvalue weighted by Gasteiger charge is 2.24. The zero-order valence-electron chi connectivity index (χ0n) is 21.2. The zero-order valence-corrected chi connectivity index (χ0v) is 24.4. The van der Waals surface area contributed by atoms with Crippen molar-refractivity contribution >= 4 is 66.4 Å². The molecule has 0 spiro atoms. The number of halogens is 2. The van der Waals surface area contributed by atoms with Crippen LogP contribution in [-0.2, 0) is 21.1 Å². The lowest BCUT2D eigenvalue weighted by molar-refractivity contribution is -0.118. The number of aromatic nitrogens is 1. The molecule has 0 aliphatic carbocycles. The fraction of sp³-hybridized carbons (Fsp3) is 0.440. The van der Waals surface area contributed by atoms with E-state index in [1.54, 1.807) is 62.3 Å². The van der Waals surface area contributed by atoms with E-state index in [0.29, 0.717) is 34.5 Å². The highest BCUT2D eigenvalue weighted by molar-refractivity contribution is 7.92. The van der Waals surface area contributed by atoms with Gasteiger partial charge in [0, 0.05) is 13.1 Å². The number of ether oxygens (including phenoxy) is 1. The molecule has 1 aromatic heterocycles. The summed E-state index contributed by atoms with van der Waals surface area (Å²) in [6.07, 6.45) is 0.126. The number of nitrogens with zero attached hydrogens (tertiary/aromatic N) is 3. The van der Waals surface area contributed by atoms with E-state index in [1.807, 2.05) is 0 Å². The van der Waals surface area contributed by atoms with Crippen LogP contribution in [0.5, 0.6) is 5.75 Å². The SMILES string of the molecule is CCN(CC)CCN(C(=O)Cc1ccc(S(=O)(=O)C(C)C)cc1)c1nc2c(OC)ccc(Cl)c2s1.Cl. The number of sulfone groups is 1. The van der Waals surface area contributed by atoms with Crippen LogP contribution in [0.25, 0.3) is 10.2 Å². The number of likely N-dealkylation sites (N-methyl/N-ethyl adjacent to an activating group) is 1. The largest absolute Gasteiger partial charge is 0.494 e. The lowest BCUT2D eigenvalue weighted by atomic mass is 10.1. The van der Waals surface area contributed by atoms with Gasteiger partial charge in [-0.3, -0.25) is 9.69 Å². The van der Waals surface area contributed by atoms with Gasteiger partial charge in [0.15, 0.2) is 15.0 Å². The smallest absolute Gasteiger partial charge is 0.233 e. The van der Waals surface area contributed by atoms with Crippen molar-refractivity contribution < 1.29 is 17.9 Å². The quantitative estimate of drug-likeness (QED) is 0.302. The zero-order chi connectivity index (χ0) is 25.8. The normalized spacial score (nSPS) is 11.7. The molecule has 1 amide bonds. The molecule has 36 heavy (non-hydrogen) atoms. The number of methoxy groups -OCH3 is 1. The van der Waals surface area contributed by atoms with Gasteiger partial charge in [-0.25, -0.2) is 13.4 Å². The standard InChI is InChI=1S/C25H32ClN3O4S2.ClH/c1-6-28(7-2)14-15-29(25-27-23-21(33-5)13-12-20(26)24(23)34-25)22(30)16-18-8-10-19(11-9-18)35(31,32)17(3)4;/h8-13,17H,6-7,14-16H2,1-5H3;1H. The molecule has 0 saturated heterocycles. The van der Waals surface area contributed by atoms with E-state index in [4.69, 9.17) is 21.3 Å². The molecule has 0 bridgehead atoms. The lowest BCUT2D eigenvalue weighted by Crippen LogP contribution is -2.39. The van der Waals surface area contributed by atoms with Crippen molar-refractivity contribution in [2.75, 3.05) is 38.2 Å². The third-order valence-corrected chi connectivity index (χ3v) is 9.67. The minimum absolute atomic E-state index is 0. The molecule has 0 radical (unpaired) electrons. The molecule has 3 aromatic rings. The van der Waals surface area contributed by atoms with Crippen molar-refractivity contribution in [1.82, 2.24) is 9.88 Å². The molecule has 198 valence electrons. The first-order valence-electron chi connectivity index (χ1n) is 11.6. The summed E-state index contributed by atoms with van der Waals surface area (Å²) >= 11 is 7.77. The maximum Gasteiger partial charge on any atom is 0.233 e. The van der Waals surface area contributed by atoms with E-state index in [2.05, 4.69) is 18.7 Å². The predicted octanol–water partition coefficient (Wildman–Crippen LogP) is 5.48.